The third-order valence-electron chi connectivity index (χ3n) is 6.98. The first-order chi connectivity index (χ1) is 13.5. The maximum absolute atomic E-state index is 12.6. The molecule has 3 atom stereocenters. The van der Waals surface area contributed by atoms with Gasteiger partial charge in [0.05, 0.1) is 5.92 Å². The Morgan fingerprint density at radius 2 is 1.32 bits per heavy atom. The summed E-state index contributed by atoms with van der Waals surface area (Å²) >= 11 is 0. The fraction of sp³-hybridized carbons (Fsp3) is 0.500. The Bertz CT molecular complexity index is 698. The molecule has 2 rings (SSSR count). The van der Waals surface area contributed by atoms with Gasteiger partial charge in [-0.15, -0.1) is 0 Å². The van der Waals surface area contributed by atoms with E-state index >= 15 is 0 Å². The van der Waals surface area contributed by atoms with Crippen LogP contribution >= 0.6 is 0 Å². The van der Waals surface area contributed by atoms with Gasteiger partial charge in [-0.05, 0) is 47.6 Å². The number of carbonyl (C=O) groups is 1. The molecule has 0 fully saturated rings. The molecule has 3 unspecified atom stereocenters. The molecule has 0 bridgehead atoms. The SMILES string of the molecule is CCC(C)C(CCc1ccccc1)(C(C)CC)C(Cc1ccccc1)C(=O)O. The van der Waals surface area contributed by atoms with Crippen LogP contribution in [0.4, 0.5) is 0 Å². The first-order valence-corrected chi connectivity index (χ1v) is 10.8. The van der Waals surface area contributed by atoms with E-state index in [9.17, 15) is 9.90 Å². The van der Waals surface area contributed by atoms with Crippen LogP contribution in [0, 0.1) is 23.2 Å². The molecular formula is C26H36O2. The molecule has 0 aliphatic rings. The minimum absolute atomic E-state index is 0.235. The van der Waals surface area contributed by atoms with Crippen LogP contribution in [-0.2, 0) is 17.6 Å². The number of benzene rings is 2. The molecule has 2 heteroatoms. The van der Waals surface area contributed by atoms with Gasteiger partial charge in [0.2, 0.25) is 0 Å². The first-order valence-electron chi connectivity index (χ1n) is 10.8. The fourth-order valence-electron chi connectivity index (χ4n) is 4.96. The number of carboxylic acids is 1. The van der Waals surface area contributed by atoms with Crippen LogP contribution in [0.3, 0.4) is 0 Å². The van der Waals surface area contributed by atoms with Gasteiger partial charge in [-0.25, -0.2) is 0 Å². The first kappa shape index (κ1) is 22.2. The number of hydrogen-bond donors (Lipinski definition) is 1. The molecule has 2 nitrogen and oxygen atoms in total. The van der Waals surface area contributed by atoms with Crippen molar-refractivity contribution in [3.8, 4) is 0 Å². The van der Waals surface area contributed by atoms with Gasteiger partial charge in [-0.1, -0.05) is 101 Å². The van der Waals surface area contributed by atoms with E-state index in [0.29, 0.717) is 18.3 Å². The molecule has 2 aromatic carbocycles. The molecule has 0 aromatic heterocycles. The second-order valence-electron chi connectivity index (χ2n) is 8.30. The topological polar surface area (TPSA) is 37.3 Å². The Morgan fingerprint density at radius 1 is 0.857 bits per heavy atom. The Labute approximate surface area is 171 Å². The lowest BCUT2D eigenvalue weighted by Crippen LogP contribution is -2.47. The smallest absolute Gasteiger partial charge is 0.307 e. The summed E-state index contributed by atoms with van der Waals surface area (Å²) in [7, 11) is 0. The maximum Gasteiger partial charge on any atom is 0.307 e. The van der Waals surface area contributed by atoms with E-state index in [-0.39, 0.29) is 11.3 Å². The summed E-state index contributed by atoms with van der Waals surface area (Å²) in [6.45, 7) is 8.92. The number of carboxylic acid groups (broad SMARTS) is 1. The molecule has 0 heterocycles. The van der Waals surface area contributed by atoms with Crippen molar-refractivity contribution in [2.45, 2.75) is 59.8 Å². The second-order valence-corrected chi connectivity index (χ2v) is 8.30. The molecule has 2 aromatic rings. The monoisotopic (exact) mass is 380 g/mol. The molecule has 28 heavy (non-hydrogen) atoms. The van der Waals surface area contributed by atoms with E-state index in [1.807, 2.05) is 24.3 Å². The van der Waals surface area contributed by atoms with E-state index in [0.717, 1.165) is 31.2 Å². The lowest BCUT2D eigenvalue weighted by Gasteiger charge is -2.48. The Balaban J connectivity index is 2.46. The number of aliphatic carboxylic acids is 1. The average molecular weight is 381 g/mol. The van der Waals surface area contributed by atoms with Crippen LogP contribution in [0.15, 0.2) is 60.7 Å². The molecule has 0 aliphatic heterocycles. The minimum Gasteiger partial charge on any atom is -0.481 e. The largest absolute Gasteiger partial charge is 0.481 e. The highest BCUT2D eigenvalue weighted by Gasteiger charge is 2.48. The molecule has 0 amide bonds. The predicted octanol–water partition coefficient (Wildman–Crippen LogP) is 6.64. The van der Waals surface area contributed by atoms with Gasteiger partial charge in [0, 0.05) is 0 Å². The molecule has 152 valence electrons. The standard InChI is InChI=1S/C26H36O2/c1-5-20(3)26(21(4)6-2,18-17-22-13-9-7-10-14-22)24(25(27)28)19-23-15-11-8-12-16-23/h7-16,20-21,24H,5-6,17-19H2,1-4H3,(H,27,28). The summed E-state index contributed by atoms with van der Waals surface area (Å²) in [6, 6.07) is 20.6. The highest BCUT2D eigenvalue weighted by Crippen LogP contribution is 2.50. The van der Waals surface area contributed by atoms with E-state index in [4.69, 9.17) is 0 Å². The van der Waals surface area contributed by atoms with Crippen LogP contribution in [0.1, 0.15) is 58.1 Å². The summed E-state index contributed by atoms with van der Waals surface area (Å²) < 4.78 is 0. The van der Waals surface area contributed by atoms with Crippen molar-refractivity contribution in [3.63, 3.8) is 0 Å². The summed E-state index contributed by atoms with van der Waals surface area (Å²) in [4.78, 5) is 12.6. The molecule has 0 saturated carbocycles. The zero-order valence-corrected chi connectivity index (χ0v) is 17.9. The Morgan fingerprint density at radius 3 is 1.75 bits per heavy atom. The minimum atomic E-state index is -0.655. The van der Waals surface area contributed by atoms with E-state index < -0.39 is 5.97 Å². The van der Waals surface area contributed by atoms with Crippen molar-refractivity contribution in [1.29, 1.82) is 0 Å². The molecule has 0 radical (unpaired) electrons. The van der Waals surface area contributed by atoms with Crippen LogP contribution in [0.25, 0.3) is 0 Å². The highest BCUT2D eigenvalue weighted by atomic mass is 16.4. The van der Waals surface area contributed by atoms with Gasteiger partial charge in [0.25, 0.3) is 0 Å². The number of aryl methyl sites for hydroxylation is 1. The zero-order chi connectivity index (χ0) is 20.6. The molecular weight excluding hydrogens is 344 g/mol. The third-order valence-corrected chi connectivity index (χ3v) is 6.98. The van der Waals surface area contributed by atoms with E-state index in [1.165, 1.54) is 5.56 Å². The van der Waals surface area contributed by atoms with Crippen LogP contribution < -0.4 is 0 Å². The van der Waals surface area contributed by atoms with Crippen molar-refractivity contribution >= 4 is 5.97 Å². The van der Waals surface area contributed by atoms with E-state index in [1.54, 1.807) is 0 Å². The lowest BCUT2D eigenvalue weighted by atomic mass is 9.55. The van der Waals surface area contributed by atoms with Gasteiger partial charge < -0.3 is 5.11 Å². The summed E-state index contributed by atoms with van der Waals surface area (Å²) in [6.07, 6.45) is 4.42. The fourth-order valence-corrected chi connectivity index (χ4v) is 4.96. The van der Waals surface area contributed by atoms with Gasteiger partial charge in [0.1, 0.15) is 0 Å². The predicted molar refractivity (Wildman–Crippen MR) is 117 cm³/mol. The number of hydrogen-bond acceptors (Lipinski definition) is 1. The van der Waals surface area contributed by atoms with Crippen molar-refractivity contribution in [2.75, 3.05) is 0 Å². The zero-order valence-electron chi connectivity index (χ0n) is 17.9. The highest BCUT2D eigenvalue weighted by molar-refractivity contribution is 5.71. The van der Waals surface area contributed by atoms with Crippen molar-refractivity contribution < 1.29 is 9.90 Å². The molecule has 1 N–H and O–H groups in total. The van der Waals surface area contributed by atoms with Crippen LogP contribution in [0.5, 0.6) is 0 Å². The Hall–Kier alpha value is -2.09. The maximum atomic E-state index is 12.6. The summed E-state index contributed by atoms with van der Waals surface area (Å²) in [5.41, 5.74) is 2.18. The quantitative estimate of drug-likeness (QED) is 0.474. The second kappa shape index (κ2) is 10.5. The van der Waals surface area contributed by atoms with E-state index in [2.05, 4.69) is 64.1 Å². The van der Waals surface area contributed by atoms with Crippen molar-refractivity contribution in [3.05, 3.63) is 71.8 Å². The molecule has 0 spiro atoms. The van der Waals surface area contributed by atoms with Gasteiger partial charge in [0.15, 0.2) is 0 Å². The lowest BCUT2D eigenvalue weighted by molar-refractivity contribution is -0.152. The third kappa shape index (κ3) is 5.04. The number of rotatable bonds is 11. The van der Waals surface area contributed by atoms with Gasteiger partial charge in [-0.2, -0.15) is 0 Å². The Kier molecular flexibility index (Phi) is 8.29. The van der Waals surface area contributed by atoms with Gasteiger partial charge >= 0.3 is 5.97 Å². The van der Waals surface area contributed by atoms with Crippen LogP contribution in [0.2, 0.25) is 0 Å². The molecule has 0 saturated heterocycles. The molecule has 0 aliphatic carbocycles. The van der Waals surface area contributed by atoms with Gasteiger partial charge in [-0.3, -0.25) is 4.79 Å². The summed E-state index contributed by atoms with van der Waals surface area (Å²) in [5.74, 6) is -0.354. The van der Waals surface area contributed by atoms with Crippen LogP contribution in [-0.4, -0.2) is 11.1 Å². The van der Waals surface area contributed by atoms with Crippen molar-refractivity contribution in [1.82, 2.24) is 0 Å². The normalized spacial score (nSPS) is 16.7. The van der Waals surface area contributed by atoms with Crippen molar-refractivity contribution in [2.24, 2.45) is 23.2 Å². The summed E-state index contributed by atoms with van der Waals surface area (Å²) in [5, 5.41) is 10.4. The average Bonchev–Trinajstić information content (AvgIpc) is 2.73.